The zero-order valence-corrected chi connectivity index (χ0v) is 10.6. The molecule has 0 N–H and O–H groups in total. The van der Waals surface area contributed by atoms with Gasteiger partial charge in [0.25, 0.3) is 5.69 Å². The Morgan fingerprint density at radius 2 is 2.17 bits per heavy atom. The molecule has 0 bridgehead atoms. The lowest BCUT2D eigenvalue weighted by atomic mass is 10.1. The summed E-state index contributed by atoms with van der Waals surface area (Å²) in [7, 11) is 0. The van der Waals surface area contributed by atoms with Gasteiger partial charge in [0.2, 0.25) is 0 Å². The average molecular weight is 252 g/mol. The molecule has 1 aliphatic rings. The van der Waals surface area contributed by atoms with Crippen LogP contribution in [0.15, 0.2) is 18.2 Å². The summed E-state index contributed by atoms with van der Waals surface area (Å²) >= 11 is 0. The van der Waals surface area contributed by atoms with Crippen molar-refractivity contribution in [3.05, 3.63) is 34.1 Å². The van der Waals surface area contributed by atoms with Gasteiger partial charge in [0.05, 0.1) is 16.7 Å². The quantitative estimate of drug-likeness (QED) is 0.596. The molecule has 0 aliphatic heterocycles. The van der Waals surface area contributed by atoms with E-state index in [0.29, 0.717) is 17.6 Å². The first kappa shape index (κ1) is 12.8. The van der Waals surface area contributed by atoms with E-state index in [1.165, 1.54) is 12.1 Å². The molecule has 0 heterocycles. The molecule has 1 fully saturated rings. The lowest BCUT2D eigenvalue weighted by Gasteiger charge is -2.26. The summed E-state index contributed by atoms with van der Waals surface area (Å²) in [6.07, 6.45) is 2.15. The summed E-state index contributed by atoms with van der Waals surface area (Å²) in [4.78, 5) is 12.0. The van der Waals surface area contributed by atoms with E-state index in [-0.39, 0.29) is 5.69 Å². The molecular formula is C13H17FN2O2. The molecule has 1 aliphatic carbocycles. The minimum absolute atomic E-state index is 0.198. The third-order valence-electron chi connectivity index (χ3n) is 3.00. The predicted octanol–water partition coefficient (Wildman–Crippen LogP) is 3.36. The smallest absolute Gasteiger partial charge is 0.272 e. The molecule has 1 saturated carbocycles. The molecule has 18 heavy (non-hydrogen) atoms. The summed E-state index contributed by atoms with van der Waals surface area (Å²) in [5.74, 6) is -0.0723. The van der Waals surface area contributed by atoms with Gasteiger partial charge < -0.3 is 4.90 Å². The molecule has 4 nitrogen and oxygen atoms in total. The largest absolute Gasteiger partial charge is 0.366 e. The van der Waals surface area contributed by atoms with Crippen LogP contribution in [0.3, 0.4) is 0 Å². The van der Waals surface area contributed by atoms with E-state index < -0.39 is 10.7 Å². The van der Waals surface area contributed by atoms with Crippen LogP contribution in [0.4, 0.5) is 15.8 Å². The van der Waals surface area contributed by atoms with Crippen molar-refractivity contribution in [2.75, 3.05) is 11.4 Å². The molecule has 1 aromatic rings. The fourth-order valence-electron chi connectivity index (χ4n) is 2.07. The highest BCUT2D eigenvalue weighted by atomic mass is 19.1. The lowest BCUT2D eigenvalue weighted by Crippen LogP contribution is -2.30. The van der Waals surface area contributed by atoms with E-state index in [9.17, 15) is 14.5 Å². The van der Waals surface area contributed by atoms with Crippen molar-refractivity contribution in [2.24, 2.45) is 5.92 Å². The number of hydrogen-bond donors (Lipinski definition) is 0. The molecule has 2 rings (SSSR count). The summed E-state index contributed by atoms with van der Waals surface area (Å²) in [6.45, 7) is 4.94. The van der Waals surface area contributed by atoms with Gasteiger partial charge in [-0.25, -0.2) is 4.39 Å². The Kier molecular flexibility index (Phi) is 3.50. The van der Waals surface area contributed by atoms with Gasteiger partial charge >= 0.3 is 0 Å². The molecule has 0 atom stereocenters. The number of halogens is 1. The van der Waals surface area contributed by atoms with Crippen LogP contribution in [0.2, 0.25) is 0 Å². The fourth-order valence-corrected chi connectivity index (χ4v) is 2.07. The fraction of sp³-hybridized carbons (Fsp3) is 0.538. The van der Waals surface area contributed by atoms with Crippen LogP contribution in [0, 0.1) is 21.8 Å². The molecule has 0 radical (unpaired) electrons. The molecule has 0 spiro atoms. The van der Waals surface area contributed by atoms with E-state index in [1.807, 2.05) is 4.90 Å². The Morgan fingerprint density at radius 3 is 2.61 bits per heavy atom. The van der Waals surface area contributed by atoms with Gasteiger partial charge in [-0.2, -0.15) is 0 Å². The van der Waals surface area contributed by atoms with E-state index in [1.54, 1.807) is 0 Å². The predicted molar refractivity (Wildman–Crippen MR) is 68.3 cm³/mol. The molecule has 5 heteroatoms. The lowest BCUT2D eigenvalue weighted by molar-refractivity contribution is -0.385. The van der Waals surface area contributed by atoms with Crippen molar-refractivity contribution < 1.29 is 9.31 Å². The van der Waals surface area contributed by atoms with Crippen molar-refractivity contribution in [2.45, 2.75) is 32.7 Å². The van der Waals surface area contributed by atoms with E-state index in [4.69, 9.17) is 0 Å². The van der Waals surface area contributed by atoms with Crippen molar-refractivity contribution in [1.29, 1.82) is 0 Å². The van der Waals surface area contributed by atoms with Crippen LogP contribution in [0.1, 0.15) is 26.7 Å². The van der Waals surface area contributed by atoms with Crippen LogP contribution in [-0.2, 0) is 0 Å². The van der Waals surface area contributed by atoms with Gasteiger partial charge in [0.1, 0.15) is 0 Å². The van der Waals surface area contributed by atoms with Gasteiger partial charge in [-0.15, -0.1) is 0 Å². The highest BCUT2D eigenvalue weighted by Crippen LogP contribution is 2.34. The maximum Gasteiger partial charge on any atom is 0.272 e. The maximum absolute atomic E-state index is 14.0. The van der Waals surface area contributed by atoms with Crippen molar-refractivity contribution in [3.8, 4) is 0 Å². The number of benzene rings is 1. The Labute approximate surface area is 106 Å². The zero-order valence-electron chi connectivity index (χ0n) is 10.6. The maximum atomic E-state index is 14.0. The van der Waals surface area contributed by atoms with E-state index in [0.717, 1.165) is 25.5 Å². The monoisotopic (exact) mass is 252 g/mol. The summed E-state index contributed by atoms with van der Waals surface area (Å²) in [5.41, 5.74) is 0.286. The third kappa shape index (κ3) is 2.78. The highest BCUT2D eigenvalue weighted by molar-refractivity contribution is 5.54. The van der Waals surface area contributed by atoms with Gasteiger partial charge in [0, 0.05) is 18.7 Å². The Morgan fingerprint density at radius 1 is 1.50 bits per heavy atom. The first-order valence-corrected chi connectivity index (χ1v) is 6.19. The Balaban J connectivity index is 2.27. The second-order valence-corrected chi connectivity index (χ2v) is 5.17. The van der Waals surface area contributed by atoms with Crippen molar-refractivity contribution >= 4 is 11.4 Å². The first-order chi connectivity index (χ1) is 8.49. The Hall–Kier alpha value is -1.65. The van der Waals surface area contributed by atoms with Crippen LogP contribution in [0.25, 0.3) is 0 Å². The summed E-state index contributed by atoms with van der Waals surface area (Å²) in [5, 5.41) is 10.6. The Bertz CT molecular complexity index is 458. The van der Waals surface area contributed by atoms with Crippen LogP contribution < -0.4 is 4.90 Å². The van der Waals surface area contributed by atoms with Crippen LogP contribution in [-0.4, -0.2) is 17.5 Å². The molecule has 98 valence electrons. The van der Waals surface area contributed by atoms with Crippen molar-refractivity contribution in [1.82, 2.24) is 0 Å². The number of nitrogens with zero attached hydrogens (tertiary/aromatic N) is 2. The first-order valence-electron chi connectivity index (χ1n) is 6.19. The second kappa shape index (κ2) is 4.92. The topological polar surface area (TPSA) is 46.4 Å². The second-order valence-electron chi connectivity index (χ2n) is 5.17. The van der Waals surface area contributed by atoms with Gasteiger partial charge in [-0.3, -0.25) is 10.1 Å². The van der Waals surface area contributed by atoms with Gasteiger partial charge in [0.15, 0.2) is 5.82 Å². The van der Waals surface area contributed by atoms with E-state index in [2.05, 4.69) is 13.8 Å². The zero-order chi connectivity index (χ0) is 13.3. The molecule has 0 aromatic heterocycles. The standard InChI is InChI=1S/C13H17FN2O2/c1-9(2)8-15(10-3-4-10)13-6-5-11(16(17)18)7-12(13)14/h5-7,9-10H,3-4,8H2,1-2H3. The number of anilines is 1. The van der Waals surface area contributed by atoms with Crippen LogP contribution >= 0.6 is 0 Å². The molecule has 1 aromatic carbocycles. The molecule has 0 amide bonds. The summed E-state index contributed by atoms with van der Waals surface area (Å²) in [6, 6.07) is 4.29. The average Bonchev–Trinajstić information content (AvgIpc) is 3.09. The molecule has 0 unspecified atom stereocenters. The highest BCUT2D eigenvalue weighted by Gasteiger charge is 2.31. The summed E-state index contributed by atoms with van der Waals surface area (Å²) < 4.78 is 14.0. The number of non-ortho nitro benzene ring substituents is 1. The number of nitro groups is 1. The van der Waals surface area contributed by atoms with Gasteiger partial charge in [-0.1, -0.05) is 13.8 Å². The number of nitro benzene ring substituents is 1. The van der Waals surface area contributed by atoms with Gasteiger partial charge in [-0.05, 0) is 24.8 Å². The van der Waals surface area contributed by atoms with E-state index >= 15 is 0 Å². The van der Waals surface area contributed by atoms with Crippen LogP contribution in [0.5, 0.6) is 0 Å². The SMILES string of the molecule is CC(C)CN(c1ccc([N+](=O)[O-])cc1F)C1CC1. The minimum Gasteiger partial charge on any atom is -0.366 e. The minimum atomic E-state index is -0.573. The number of hydrogen-bond acceptors (Lipinski definition) is 3. The molecule has 0 saturated heterocycles. The normalized spacial score (nSPS) is 14.9. The van der Waals surface area contributed by atoms with Crippen molar-refractivity contribution in [3.63, 3.8) is 0 Å². The molecular weight excluding hydrogens is 235 g/mol. The number of rotatable bonds is 5. The third-order valence-corrected chi connectivity index (χ3v) is 3.00.